The van der Waals surface area contributed by atoms with E-state index in [0.717, 1.165) is 24.1 Å². The molecule has 1 aromatic carbocycles. The Morgan fingerprint density at radius 2 is 1.79 bits per heavy atom. The van der Waals surface area contributed by atoms with E-state index in [9.17, 15) is 0 Å². The Morgan fingerprint density at radius 1 is 1.05 bits per heavy atom. The zero-order chi connectivity index (χ0) is 13.3. The van der Waals surface area contributed by atoms with Crippen LogP contribution >= 0.6 is 23.2 Å². The summed E-state index contributed by atoms with van der Waals surface area (Å²) in [6.07, 6.45) is 7.95. The van der Waals surface area contributed by atoms with Crippen LogP contribution in [0.4, 0.5) is 0 Å². The molecule has 0 N–H and O–H groups in total. The van der Waals surface area contributed by atoms with E-state index in [2.05, 4.69) is 18.2 Å². The molecule has 3 rings (SSSR count). The maximum absolute atomic E-state index is 6.52. The summed E-state index contributed by atoms with van der Waals surface area (Å²) in [5.74, 6) is 0. The lowest BCUT2D eigenvalue weighted by atomic mass is 9.88. The minimum Gasteiger partial charge on any atom is -0.283 e. The predicted molar refractivity (Wildman–Crippen MR) is 82.6 cm³/mol. The van der Waals surface area contributed by atoms with Gasteiger partial charge in [0.2, 0.25) is 0 Å². The van der Waals surface area contributed by atoms with Crippen molar-refractivity contribution in [2.45, 2.75) is 55.3 Å². The second-order valence-electron chi connectivity index (χ2n) is 5.63. The van der Waals surface area contributed by atoms with Crippen LogP contribution in [0.2, 0.25) is 0 Å². The van der Waals surface area contributed by atoms with Crippen LogP contribution in [0.5, 0.6) is 0 Å². The number of hydrogen-bond acceptors (Lipinski definition) is 1. The van der Waals surface area contributed by atoms with E-state index in [0.29, 0.717) is 6.04 Å². The summed E-state index contributed by atoms with van der Waals surface area (Å²) in [4.78, 5) is 4.94. The third-order valence-electron chi connectivity index (χ3n) is 4.21. The molecule has 2 aliphatic carbocycles. The molecule has 1 fully saturated rings. The van der Waals surface area contributed by atoms with Crippen LogP contribution in [-0.2, 0) is 6.42 Å². The van der Waals surface area contributed by atoms with Crippen molar-refractivity contribution in [1.29, 1.82) is 0 Å². The van der Waals surface area contributed by atoms with E-state index in [1.165, 1.54) is 37.7 Å². The molecule has 0 heterocycles. The molecule has 19 heavy (non-hydrogen) atoms. The summed E-state index contributed by atoms with van der Waals surface area (Å²) >= 11 is 13.0. The quantitative estimate of drug-likeness (QED) is 0.652. The fraction of sp³-hybridized carbons (Fsp3) is 0.562. The van der Waals surface area contributed by atoms with Crippen LogP contribution in [0.25, 0.3) is 0 Å². The van der Waals surface area contributed by atoms with Gasteiger partial charge in [-0.05, 0) is 31.2 Å². The molecule has 0 spiro atoms. The SMILES string of the molecule is ClC1(Cl)CCc2ccccc2C1=NC1CCCCC1. The number of hydrogen-bond donors (Lipinski definition) is 0. The van der Waals surface area contributed by atoms with Crippen molar-refractivity contribution < 1.29 is 0 Å². The topological polar surface area (TPSA) is 12.4 Å². The number of aryl methyl sites for hydroxylation is 1. The molecule has 1 aromatic rings. The molecule has 0 atom stereocenters. The molecule has 2 aliphatic rings. The summed E-state index contributed by atoms with van der Waals surface area (Å²) in [5, 5.41) is 0. The molecular weight excluding hydrogens is 277 g/mol. The van der Waals surface area contributed by atoms with Crippen LogP contribution in [0.3, 0.4) is 0 Å². The van der Waals surface area contributed by atoms with Crippen LogP contribution < -0.4 is 0 Å². The largest absolute Gasteiger partial charge is 0.283 e. The standard InChI is InChI=1S/C16H19Cl2N/c17-16(18)11-10-12-6-4-5-9-14(12)15(16)19-13-7-2-1-3-8-13/h4-6,9,13H,1-3,7-8,10-11H2. The molecule has 0 saturated heterocycles. The zero-order valence-electron chi connectivity index (χ0n) is 11.0. The van der Waals surface area contributed by atoms with E-state index < -0.39 is 4.33 Å². The first-order valence-corrected chi connectivity index (χ1v) is 7.97. The normalized spacial score (nSPS) is 25.3. The Hall–Kier alpha value is -0.530. The average Bonchev–Trinajstić information content (AvgIpc) is 2.43. The zero-order valence-corrected chi connectivity index (χ0v) is 12.6. The van der Waals surface area contributed by atoms with Crippen molar-refractivity contribution in [2.75, 3.05) is 0 Å². The van der Waals surface area contributed by atoms with Gasteiger partial charge in [-0.25, -0.2) is 0 Å². The highest BCUT2D eigenvalue weighted by atomic mass is 35.5. The van der Waals surface area contributed by atoms with E-state index in [1.54, 1.807) is 0 Å². The van der Waals surface area contributed by atoms with Gasteiger partial charge < -0.3 is 0 Å². The summed E-state index contributed by atoms with van der Waals surface area (Å²) in [6.45, 7) is 0. The van der Waals surface area contributed by atoms with E-state index >= 15 is 0 Å². The van der Waals surface area contributed by atoms with Gasteiger partial charge >= 0.3 is 0 Å². The number of nitrogens with zero attached hydrogens (tertiary/aromatic N) is 1. The lowest BCUT2D eigenvalue weighted by molar-refractivity contribution is 0.442. The van der Waals surface area contributed by atoms with Gasteiger partial charge in [0.25, 0.3) is 0 Å². The predicted octanol–water partition coefficient (Wildman–Crippen LogP) is 4.93. The molecule has 0 aliphatic heterocycles. The molecular formula is C16H19Cl2N. The van der Waals surface area contributed by atoms with Gasteiger partial charge in [-0.15, -0.1) is 0 Å². The first-order valence-electron chi connectivity index (χ1n) is 7.21. The second-order valence-corrected chi connectivity index (χ2v) is 7.12. The highest BCUT2D eigenvalue weighted by Crippen LogP contribution is 2.38. The number of rotatable bonds is 1. The van der Waals surface area contributed by atoms with Crippen molar-refractivity contribution in [1.82, 2.24) is 0 Å². The first kappa shape index (κ1) is 13.5. The average molecular weight is 296 g/mol. The number of halogens is 2. The van der Waals surface area contributed by atoms with Crippen LogP contribution in [0.15, 0.2) is 29.3 Å². The minimum atomic E-state index is -0.814. The maximum Gasteiger partial charge on any atom is 0.160 e. The lowest BCUT2D eigenvalue weighted by Gasteiger charge is -2.31. The Bertz CT molecular complexity index is 487. The summed E-state index contributed by atoms with van der Waals surface area (Å²) in [6, 6.07) is 8.80. The number of alkyl halides is 2. The smallest absolute Gasteiger partial charge is 0.160 e. The summed E-state index contributed by atoms with van der Waals surface area (Å²) in [7, 11) is 0. The van der Waals surface area contributed by atoms with Gasteiger partial charge in [0.1, 0.15) is 0 Å². The maximum atomic E-state index is 6.52. The lowest BCUT2D eigenvalue weighted by Crippen LogP contribution is -2.34. The highest BCUT2D eigenvalue weighted by Gasteiger charge is 2.37. The van der Waals surface area contributed by atoms with E-state index in [-0.39, 0.29) is 0 Å². The molecule has 0 amide bonds. The Labute approximate surface area is 125 Å². The molecule has 0 aromatic heterocycles. The molecule has 1 nitrogen and oxygen atoms in total. The molecule has 0 radical (unpaired) electrons. The van der Waals surface area contributed by atoms with E-state index in [4.69, 9.17) is 28.2 Å². The van der Waals surface area contributed by atoms with Crippen LogP contribution in [-0.4, -0.2) is 16.1 Å². The van der Waals surface area contributed by atoms with Crippen molar-refractivity contribution in [3.05, 3.63) is 35.4 Å². The van der Waals surface area contributed by atoms with Crippen molar-refractivity contribution in [3.8, 4) is 0 Å². The number of aliphatic imine (C=N–C) groups is 1. The first-order chi connectivity index (χ1) is 9.17. The number of fused-ring (bicyclic) bond motifs is 1. The third-order valence-corrected chi connectivity index (χ3v) is 4.95. The van der Waals surface area contributed by atoms with Gasteiger partial charge in [-0.2, -0.15) is 0 Å². The third kappa shape index (κ3) is 2.83. The van der Waals surface area contributed by atoms with Crippen molar-refractivity contribution in [2.24, 2.45) is 4.99 Å². The molecule has 1 saturated carbocycles. The molecule has 0 bridgehead atoms. The van der Waals surface area contributed by atoms with Gasteiger partial charge in [-0.3, -0.25) is 4.99 Å². The van der Waals surface area contributed by atoms with Crippen LogP contribution in [0.1, 0.15) is 49.7 Å². The second kappa shape index (κ2) is 5.46. The number of benzene rings is 1. The Balaban J connectivity index is 1.98. The molecule has 3 heteroatoms. The van der Waals surface area contributed by atoms with Gasteiger partial charge in [-0.1, -0.05) is 66.7 Å². The van der Waals surface area contributed by atoms with Crippen molar-refractivity contribution >= 4 is 28.9 Å². The monoisotopic (exact) mass is 295 g/mol. The summed E-state index contributed by atoms with van der Waals surface area (Å²) in [5.41, 5.74) is 3.39. The molecule has 0 unspecified atom stereocenters. The van der Waals surface area contributed by atoms with Gasteiger partial charge in [0.05, 0.1) is 11.8 Å². The van der Waals surface area contributed by atoms with Gasteiger partial charge in [0, 0.05) is 5.56 Å². The Kier molecular flexibility index (Phi) is 3.86. The summed E-state index contributed by atoms with van der Waals surface area (Å²) < 4.78 is -0.814. The van der Waals surface area contributed by atoms with Gasteiger partial charge in [0.15, 0.2) is 4.33 Å². The van der Waals surface area contributed by atoms with Crippen molar-refractivity contribution in [3.63, 3.8) is 0 Å². The minimum absolute atomic E-state index is 0.409. The van der Waals surface area contributed by atoms with E-state index in [1.807, 2.05) is 6.07 Å². The fourth-order valence-electron chi connectivity index (χ4n) is 3.13. The Morgan fingerprint density at radius 3 is 2.58 bits per heavy atom. The molecule has 102 valence electrons. The highest BCUT2D eigenvalue weighted by molar-refractivity contribution is 6.61. The fourth-order valence-corrected chi connectivity index (χ4v) is 3.62. The van der Waals surface area contributed by atoms with Crippen LogP contribution in [0, 0.1) is 0 Å².